The number of anilines is 2. The predicted molar refractivity (Wildman–Crippen MR) is 134 cm³/mol. The minimum absolute atomic E-state index is 0.109. The molecule has 1 N–H and O–H groups in total. The van der Waals surface area contributed by atoms with Crippen LogP contribution in [-0.2, 0) is 14.8 Å². The number of carbonyl (C=O) groups is 1. The fraction of sp³-hybridized carbons (Fsp3) is 0.269. The Morgan fingerprint density at radius 1 is 0.941 bits per heavy atom. The Kier molecular flexibility index (Phi) is 7.83. The van der Waals surface area contributed by atoms with Crippen molar-refractivity contribution in [2.75, 3.05) is 30.4 Å². The highest BCUT2D eigenvalue weighted by molar-refractivity contribution is 7.92. The lowest BCUT2D eigenvalue weighted by molar-refractivity contribution is -0.114. The lowest BCUT2D eigenvalue weighted by atomic mass is 10.0. The first-order valence-electron chi connectivity index (χ1n) is 10.9. The number of ether oxygens (including phenoxy) is 2. The minimum Gasteiger partial charge on any atom is -0.497 e. The first-order chi connectivity index (χ1) is 16.1. The Balaban J connectivity index is 1.97. The van der Waals surface area contributed by atoms with Crippen molar-refractivity contribution in [3.63, 3.8) is 0 Å². The van der Waals surface area contributed by atoms with Crippen LogP contribution in [0.25, 0.3) is 0 Å². The molecule has 0 heterocycles. The van der Waals surface area contributed by atoms with Gasteiger partial charge in [-0.1, -0.05) is 43.7 Å². The molecule has 0 saturated heterocycles. The van der Waals surface area contributed by atoms with E-state index in [9.17, 15) is 13.2 Å². The minimum atomic E-state index is -4.00. The summed E-state index contributed by atoms with van der Waals surface area (Å²) in [6, 6.07) is 18.7. The average molecular weight is 483 g/mol. The Labute approximate surface area is 201 Å². The van der Waals surface area contributed by atoms with Crippen LogP contribution in [0.3, 0.4) is 0 Å². The van der Waals surface area contributed by atoms with Crippen LogP contribution in [0.2, 0.25) is 0 Å². The van der Waals surface area contributed by atoms with Crippen LogP contribution in [-0.4, -0.2) is 35.1 Å². The summed E-state index contributed by atoms with van der Waals surface area (Å²) in [6.45, 7) is 5.58. The second kappa shape index (κ2) is 10.6. The van der Waals surface area contributed by atoms with Gasteiger partial charge in [0.2, 0.25) is 5.91 Å². The van der Waals surface area contributed by atoms with E-state index < -0.39 is 22.5 Å². The average Bonchev–Trinajstić information content (AvgIpc) is 2.82. The van der Waals surface area contributed by atoms with Crippen molar-refractivity contribution in [3.8, 4) is 11.5 Å². The third kappa shape index (κ3) is 5.69. The zero-order valence-corrected chi connectivity index (χ0v) is 20.8. The lowest BCUT2D eigenvalue weighted by Crippen LogP contribution is -2.38. The highest BCUT2D eigenvalue weighted by Gasteiger charge is 2.27. The molecule has 3 rings (SSSR count). The van der Waals surface area contributed by atoms with Crippen LogP contribution in [0, 0.1) is 6.92 Å². The van der Waals surface area contributed by atoms with E-state index >= 15 is 0 Å². The predicted octanol–water partition coefficient (Wildman–Crippen LogP) is 4.97. The first kappa shape index (κ1) is 25.1. The molecule has 0 bridgehead atoms. The molecule has 34 heavy (non-hydrogen) atoms. The highest BCUT2D eigenvalue weighted by atomic mass is 32.2. The summed E-state index contributed by atoms with van der Waals surface area (Å²) in [6.07, 6.45) is 0. The number of methoxy groups -OCH3 is 2. The summed E-state index contributed by atoms with van der Waals surface area (Å²) in [5.74, 6) is 0.739. The summed E-state index contributed by atoms with van der Waals surface area (Å²) in [7, 11) is -0.997. The molecule has 0 aliphatic carbocycles. The van der Waals surface area contributed by atoms with Crippen molar-refractivity contribution < 1.29 is 22.7 Å². The number of hydrogen-bond donors (Lipinski definition) is 1. The molecule has 1 amide bonds. The van der Waals surface area contributed by atoms with Crippen molar-refractivity contribution in [2.24, 2.45) is 0 Å². The van der Waals surface area contributed by atoms with Gasteiger partial charge >= 0.3 is 0 Å². The van der Waals surface area contributed by atoms with Crippen LogP contribution in [0.15, 0.2) is 71.6 Å². The number of amides is 1. The molecule has 180 valence electrons. The quantitative estimate of drug-likeness (QED) is 0.465. The normalized spacial score (nSPS) is 11.2. The maximum Gasteiger partial charge on any atom is 0.264 e. The Morgan fingerprint density at radius 2 is 1.59 bits per heavy atom. The Hall–Kier alpha value is -3.52. The van der Waals surface area contributed by atoms with Crippen molar-refractivity contribution in [1.82, 2.24) is 0 Å². The Bertz CT molecular complexity index is 1240. The van der Waals surface area contributed by atoms with Crippen LogP contribution in [0.4, 0.5) is 11.4 Å². The second-order valence-electron chi connectivity index (χ2n) is 8.19. The number of sulfonamides is 1. The third-order valence-electron chi connectivity index (χ3n) is 5.42. The summed E-state index contributed by atoms with van der Waals surface area (Å²) in [4.78, 5) is 13.2. The lowest BCUT2D eigenvalue weighted by Gasteiger charge is -2.25. The smallest absolute Gasteiger partial charge is 0.264 e. The largest absolute Gasteiger partial charge is 0.497 e. The van der Waals surface area contributed by atoms with E-state index in [-0.39, 0.29) is 4.90 Å². The fourth-order valence-electron chi connectivity index (χ4n) is 3.41. The van der Waals surface area contributed by atoms with E-state index in [1.165, 1.54) is 14.2 Å². The molecule has 0 fully saturated rings. The summed E-state index contributed by atoms with van der Waals surface area (Å²) >= 11 is 0. The van der Waals surface area contributed by atoms with Crippen LogP contribution >= 0.6 is 0 Å². The molecule has 0 unspecified atom stereocenters. The molecule has 3 aromatic rings. The molecule has 0 atom stereocenters. The van der Waals surface area contributed by atoms with E-state index in [1.807, 2.05) is 19.1 Å². The van der Waals surface area contributed by atoms with Gasteiger partial charge in [-0.05, 0) is 54.8 Å². The summed E-state index contributed by atoms with van der Waals surface area (Å²) in [5.41, 5.74) is 2.80. The van der Waals surface area contributed by atoms with Gasteiger partial charge in [-0.25, -0.2) is 8.42 Å². The number of benzene rings is 3. The van der Waals surface area contributed by atoms with E-state index in [4.69, 9.17) is 9.47 Å². The number of aryl methyl sites for hydroxylation is 1. The van der Waals surface area contributed by atoms with E-state index in [0.717, 1.165) is 15.4 Å². The monoisotopic (exact) mass is 482 g/mol. The van der Waals surface area contributed by atoms with Gasteiger partial charge in [0.15, 0.2) is 0 Å². The molecule has 0 saturated carbocycles. The van der Waals surface area contributed by atoms with E-state index in [0.29, 0.717) is 28.8 Å². The first-order valence-corrected chi connectivity index (χ1v) is 12.3. The molecule has 0 aliphatic rings. The molecule has 8 heteroatoms. The molecule has 0 aliphatic heterocycles. The fourth-order valence-corrected chi connectivity index (χ4v) is 4.83. The molecular weight excluding hydrogens is 452 g/mol. The van der Waals surface area contributed by atoms with Gasteiger partial charge in [-0.2, -0.15) is 0 Å². The second-order valence-corrected chi connectivity index (χ2v) is 10.0. The summed E-state index contributed by atoms with van der Waals surface area (Å²) < 4.78 is 38.8. The molecule has 0 radical (unpaired) electrons. The van der Waals surface area contributed by atoms with Crippen LogP contribution in [0.1, 0.15) is 30.9 Å². The molecular formula is C26H30N2O5S. The number of hydrogen-bond acceptors (Lipinski definition) is 5. The van der Waals surface area contributed by atoms with Crippen LogP contribution in [0.5, 0.6) is 11.5 Å². The number of nitrogens with one attached hydrogen (secondary N) is 1. The molecule has 0 spiro atoms. The van der Waals surface area contributed by atoms with Crippen molar-refractivity contribution in [1.29, 1.82) is 0 Å². The number of nitrogens with zero attached hydrogens (tertiary/aromatic N) is 1. The van der Waals surface area contributed by atoms with Gasteiger partial charge < -0.3 is 14.8 Å². The zero-order valence-electron chi connectivity index (χ0n) is 20.0. The number of carbonyl (C=O) groups excluding carboxylic acids is 1. The standard InChI is InChI=1S/C26H30N2O5S/c1-18(2)20-8-10-21(11-9-20)28(34(30,31)23-13-6-19(3)7-14-23)17-26(29)27-24-16-22(32-4)12-15-25(24)33-5/h6-16,18H,17H2,1-5H3,(H,27,29). The molecule has 0 aromatic heterocycles. The maximum absolute atomic E-state index is 13.6. The Morgan fingerprint density at radius 3 is 2.15 bits per heavy atom. The van der Waals surface area contributed by atoms with Gasteiger partial charge in [0.1, 0.15) is 18.0 Å². The highest BCUT2D eigenvalue weighted by Crippen LogP contribution is 2.30. The molecule has 3 aromatic carbocycles. The van der Waals surface area contributed by atoms with E-state index in [2.05, 4.69) is 19.2 Å². The number of rotatable bonds is 9. The van der Waals surface area contributed by atoms with Crippen molar-refractivity contribution in [2.45, 2.75) is 31.6 Å². The van der Waals surface area contributed by atoms with Crippen molar-refractivity contribution in [3.05, 3.63) is 77.9 Å². The van der Waals surface area contributed by atoms with Gasteiger partial charge in [-0.3, -0.25) is 9.10 Å². The molecule has 7 nitrogen and oxygen atoms in total. The maximum atomic E-state index is 13.6. The third-order valence-corrected chi connectivity index (χ3v) is 7.21. The van der Waals surface area contributed by atoms with Crippen LogP contribution < -0.4 is 19.1 Å². The summed E-state index contributed by atoms with van der Waals surface area (Å²) in [5, 5.41) is 2.75. The van der Waals surface area contributed by atoms with Gasteiger partial charge in [-0.15, -0.1) is 0 Å². The van der Waals surface area contributed by atoms with Gasteiger partial charge in [0.25, 0.3) is 10.0 Å². The zero-order chi connectivity index (χ0) is 24.9. The topological polar surface area (TPSA) is 84.9 Å². The SMILES string of the molecule is COc1ccc(OC)c(NC(=O)CN(c2ccc(C(C)C)cc2)S(=O)(=O)c2ccc(C)cc2)c1. The van der Waals surface area contributed by atoms with E-state index in [1.54, 1.807) is 54.6 Å². The van der Waals surface area contributed by atoms with Gasteiger partial charge in [0, 0.05) is 6.07 Å². The van der Waals surface area contributed by atoms with Gasteiger partial charge in [0.05, 0.1) is 30.5 Å². The van der Waals surface area contributed by atoms with Crippen molar-refractivity contribution >= 4 is 27.3 Å².